The minimum Gasteiger partial charge on any atom is -0.390 e. The fourth-order valence-electron chi connectivity index (χ4n) is 1.72. The Morgan fingerprint density at radius 1 is 1.28 bits per heavy atom. The van der Waals surface area contributed by atoms with Gasteiger partial charge >= 0.3 is 0 Å². The molecule has 0 aromatic carbocycles. The SMILES string of the molecule is CCN(CC)CC(O)CNCc1cnc(C)cn1. The molecule has 0 radical (unpaired) electrons. The van der Waals surface area contributed by atoms with Crippen LogP contribution in [0.3, 0.4) is 0 Å². The van der Waals surface area contributed by atoms with E-state index in [0.717, 1.165) is 24.5 Å². The summed E-state index contributed by atoms with van der Waals surface area (Å²) in [6.07, 6.45) is 3.17. The lowest BCUT2D eigenvalue weighted by molar-refractivity contribution is 0.116. The first kappa shape index (κ1) is 15.0. The third-order valence-corrected chi connectivity index (χ3v) is 2.88. The number of hydrogen-bond donors (Lipinski definition) is 2. The van der Waals surface area contributed by atoms with Crippen molar-refractivity contribution in [2.24, 2.45) is 0 Å². The van der Waals surface area contributed by atoms with Crippen molar-refractivity contribution in [1.29, 1.82) is 0 Å². The van der Waals surface area contributed by atoms with E-state index in [1.54, 1.807) is 12.4 Å². The van der Waals surface area contributed by atoms with E-state index in [1.807, 2.05) is 6.92 Å². The summed E-state index contributed by atoms with van der Waals surface area (Å²) in [6.45, 7) is 9.98. The van der Waals surface area contributed by atoms with E-state index in [-0.39, 0.29) is 6.10 Å². The largest absolute Gasteiger partial charge is 0.390 e. The van der Waals surface area contributed by atoms with Crippen molar-refractivity contribution in [2.75, 3.05) is 26.2 Å². The normalized spacial score (nSPS) is 12.9. The molecule has 0 bridgehead atoms. The Balaban J connectivity index is 2.22. The van der Waals surface area contributed by atoms with E-state index in [9.17, 15) is 5.11 Å². The number of nitrogens with one attached hydrogen (secondary N) is 1. The zero-order valence-electron chi connectivity index (χ0n) is 11.6. The number of likely N-dealkylation sites (N-methyl/N-ethyl adjacent to an activating group) is 1. The van der Waals surface area contributed by atoms with Gasteiger partial charge in [0.1, 0.15) is 0 Å². The molecule has 5 heteroatoms. The van der Waals surface area contributed by atoms with Gasteiger partial charge in [0, 0.05) is 32.0 Å². The molecule has 0 aliphatic heterocycles. The first-order valence-corrected chi connectivity index (χ1v) is 6.54. The van der Waals surface area contributed by atoms with E-state index < -0.39 is 0 Å². The molecule has 102 valence electrons. The second-order valence-electron chi connectivity index (χ2n) is 4.42. The predicted molar refractivity (Wildman–Crippen MR) is 72.3 cm³/mol. The van der Waals surface area contributed by atoms with Crippen LogP contribution in [0.25, 0.3) is 0 Å². The Morgan fingerprint density at radius 2 is 2.00 bits per heavy atom. The van der Waals surface area contributed by atoms with E-state index in [4.69, 9.17) is 0 Å². The lowest BCUT2D eigenvalue weighted by Gasteiger charge is -2.21. The standard InChI is InChI=1S/C13H24N4O/c1-4-17(5-2)10-13(18)9-14-7-12-8-15-11(3)6-16-12/h6,8,13-14,18H,4-5,7,9-10H2,1-3H3. The van der Waals surface area contributed by atoms with Gasteiger partial charge in [0.05, 0.1) is 17.5 Å². The molecule has 1 aromatic rings. The van der Waals surface area contributed by atoms with Gasteiger partial charge in [0.15, 0.2) is 0 Å². The monoisotopic (exact) mass is 252 g/mol. The molecule has 0 saturated carbocycles. The second-order valence-corrected chi connectivity index (χ2v) is 4.42. The molecule has 0 amide bonds. The highest BCUT2D eigenvalue weighted by Gasteiger charge is 2.08. The molecule has 2 N–H and O–H groups in total. The summed E-state index contributed by atoms with van der Waals surface area (Å²) < 4.78 is 0. The van der Waals surface area contributed by atoms with Crippen LogP contribution in [0.5, 0.6) is 0 Å². The molecule has 1 aromatic heterocycles. The van der Waals surface area contributed by atoms with Crippen LogP contribution >= 0.6 is 0 Å². The highest BCUT2D eigenvalue weighted by molar-refractivity contribution is 5.00. The molecule has 0 aliphatic rings. The van der Waals surface area contributed by atoms with Gasteiger partial charge in [0.25, 0.3) is 0 Å². The first-order valence-electron chi connectivity index (χ1n) is 6.54. The Kier molecular flexibility index (Phi) is 6.78. The van der Waals surface area contributed by atoms with Crippen LogP contribution < -0.4 is 5.32 Å². The minimum absolute atomic E-state index is 0.344. The van der Waals surface area contributed by atoms with Crippen molar-refractivity contribution in [3.8, 4) is 0 Å². The molecule has 18 heavy (non-hydrogen) atoms. The van der Waals surface area contributed by atoms with Crippen molar-refractivity contribution in [3.05, 3.63) is 23.8 Å². The molecule has 1 unspecified atom stereocenters. The summed E-state index contributed by atoms with van der Waals surface area (Å²) in [7, 11) is 0. The topological polar surface area (TPSA) is 61.3 Å². The van der Waals surface area contributed by atoms with Crippen LogP contribution in [0.4, 0.5) is 0 Å². The highest BCUT2D eigenvalue weighted by Crippen LogP contribution is 1.95. The van der Waals surface area contributed by atoms with Gasteiger partial charge in [-0.15, -0.1) is 0 Å². The third-order valence-electron chi connectivity index (χ3n) is 2.88. The van der Waals surface area contributed by atoms with Gasteiger partial charge in [-0.3, -0.25) is 9.97 Å². The van der Waals surface area contributed by atoms with E-state index in [1.165, 1.54) is 0 Å². The van der Waals surface area contributed by atoms with Crippen LogP contribution in [-0.2, 0) is 6.54 Å². The van der Waals surface area contributed by atoms with Gasteiger partial charge in [-0.25, -0.2) is 0 Å². The smallest absolute Gasteiger partial charge is 0.0791 e. The molecule has 5 nitrogen and oxygen atoms in total. The maximum absolute atomic E-state index is 9.86. The summed E-state index contributed by atoms with van der Waals surface area (Å²) in [5.41, 5.74) is 1.82. The zero-order chi connectivity index (χ0) is 13.4. The molecule has 1 atom stereocenters. The van der Waals surface area contributed by atoms with Crippen molar-refractivity contribution in [3.63, 3.8) is 0 Å². The second kappa shape index (κ2) is 8.13. The number of aromatic nitrogens is 2. The maximum atomic E-state index is 9.86. The average molecular weight is 252 g/mol. The van der Waals surface area contributed by atoms with Crippen molar-refractivity contribution >= 4 is 0 Å². The first-order chi connectivity index (χ1) is 8.65. The Bertz CT molecular complexity index is 324. The Labute approximate surface area is 109 Å². The number of aliphatic hydroxyl groups excluding tert-OH is 1. The molecular formula is C13H24N4O. The number of nitrogens with zero attached hydrogens (tertiary/aromatic N) is 3. The van der Waals surface area contributed by atoms with Crippen LogP contribution in [0.15, 0.2) is 12.4 Å². The van der Waals surface area contributed by atoms with Gasteiger partial charge in [0.2, 0.25) is 0 Å². The maximum Gasteiger partial charge on any atom is 0.0791 e. The molecular weight excluding hydrogens is 228 g/mol. The molecule has 1 rings (SSSR count). The average Bonchev–Trinajstić information content (AvgIpc) is 2.38. The lowest BCUT2D eigenvalue weighted by Crippen LogP contribution is -2.38. The highest BCUT2D eigenvalue weighted by atomic mass is 16.3. The van der Waals surface area contributed by atoms with Crippen LogP contribution in [0.2, 0.25) is 0 Å². The number of aliphatic hydroxyl groups is 1. The van der Waals surface area contributed by atoms with Gasteiger partial charge in [-0.05, 0) is 20.0 Å². The molecule has 0 spiro atoms. The van der Waals surface area contributed by atoms with E-state index in [2.05, 4.69) is 34.0 Å². The molecule has 1 heterocycles. The summed E-state index contributed by atoms with van der Waals surface area (Å²) in [5, 5.41) is 13.1. The quantitative estimate of drug-likeness (QED) is 0.708. The molecule has 0 saturated heterocycles. The zero-order valence-corrected chi connectivity index (χ0v) is 11.6. The van der Waals surface area contributed by atoms with Gasteiger partial charge < -0.3 is 15.3 Å². The van der Waals surface area contributed by atoms with Gasteiger partial charge in [-0.1, -0.05) is 13.8 Å². The fraction of sp³-hybridized carbons (Fsp3) is 0.692. The van der Waals surface area contributed by atoms with E-state index in [0.29, 0.717) is 19.6 Å². The van der Waals surface area contributed by atoms with Crippen LogP contribution in [0, 0.1) is 6.92 Å². The lowest BCUT2D eigenvalue weighted by atomic mass is 10.3. The van der Waals surface area contributed by atoms with Crippen molar-refractivity contribution < 1.29 is 5.11 Å². The van der Waals surface area contributed by atoms with Crippen LogP contribution in [-0.4, -0.2) is 52.3 Å². The number of hydrogen-bond acceptors (Lipinski definition) is 5. The summed E-state index contributed by atoms with van der Waals surface area (Å²) in [5.74, 6) is 0. The predicted octanol–water partition coefficient (Wildman–Crippen LogP) is 0.577. The number of rotatable bonds is 8. The van der Waals surface area contributed by atoms with Crippen molar-refractivity contribution in [2.45, 2.75) is 33.4 Å². The third kappa shape index (κ3) is 5.53. The number of aryl methyl sites for hydroxylation is 1. The van der Waals surface area contributed by atoms with E-state index >= 15 is 0 Å². The fourth-order valence-corrected chi connectivity index (χ4v) is 1.72. The molecule has 0 fully saturated rings. The summed E-state index contributed by atoms with van der Waals surface area (Å²) in [6, 6.07) is 0. The Morgan fingerprint density at radius 3 is 2.56 bits per heavy atom. The van der Waals surface area contributed by atoms with Gasteiger partial charge in [-0.2, -0.15) is 0 Å². The Hall–Kier alpha value is -1.04. The van der Waals surface area contributed by atoms with Crippen molar-refractivity contribution in [1.82, 2.24) is 20.2 Å². The van der Waals surface area contributed by atoms with Crippen LogP contribution in [0.1, 0.15) is 25.2 Å². The summed E-state index contributed by atoms with van der Waals surface area (Å²) in [4.78, 5) is 10.6. The summed E-state index contributed by atoms with van der Waals surface area (Å²) >= 11 is 0. The minimum atomic E-state index is -0.344. The molecule has 0 aliphatic carbocycles.